The second-order valence-corrected chi connectivity index (χ2v) is 4.44. The zero-order valence-electron chi connectivity index (χ0n) is 9.40. The summed E-state index contributed by atoms with van der Waals surface area (Å²) in [6.07, 6.45) is 0. The number of aromatic nitrogens is 1. The summed E-state index contributed by atoms with van der Waals surface area (Å²) >= 11 is 3.25. The van der Waals surface area contributed by atoms with Gasteiger partial charge in [0.15, 0.2) is 5.69 Å². The molecule has 2 aromatic rings. The molecule has 1 N–H and O–H groups in total. The third-order valence-corrected chi connectivity index (χ3v) is 2.86. The molecule has 0 radical (unpaired) electrons. The third-order valence-electron chi connectivity index (χ3n) is 2.21. The number of halogens is 1. The van der Waals surface area contributed by atoms with Gasteiger partial charge in [0.25, 0.3) is 5.91 Å². The zero-order chi connectivity index (χ0) is 13.1. The molecule has 0 aliphatic rings. The quantitative estimate of drug-likeness (QED) is 0.925. The summed E-state index contributed by atoms with van der Waals surface area (Å²) in [7, 11) is 0. The molecule has 0 aliphatic carbocycles. The van der Waals surface area contributed by atoms with E-state index in [1.54, 1.807) is 31.2 Å². The number of anilines is 1. The van der Waals surface area contributed by atoms with Gasteiger partial charge < -0.3 is 9.84 Å². The van der Waals surface area contributed by atoms with Crippen molar-refractivity contribution in [2.75, 3.05) is 5.32 Å². The first kappa shape index (κ1) is 12.3. The molecule has 0 bridgehead atoms. The fourth-order valence-corrected chi connectivity index (χ4v) is 1.82. The van der Waals surface area contributed by atoms with E-state index in [9.17, 15) is 4.79 Å². The predicted molar refractivity (Wildman–Crippen MR) is 68.1 cm³/mol. The Morgan fingerprint density at radius 2 is 2.28 bits per heavy atom. The number of carbonyl (C=O) groups is 1. The molecule has 0 saturated carbocycles. The highest BCUT2D eigenvalue weighted by Crippen LogP contribution is 2.21. The molecule has 18 heavy (non-hydrogen) atoms. The van der Waals surface area contributed by atoms with Crippen LogP contribution in [0.3, 0.4) is 0 Å². The minimum absolute atomic E-state index is 0.216. The number of carbonyl (C=O) groups excluding carboxylic acids is 1. The second kappa shape index (κ2) is 5.02. The van der Waals surface area contributed by atoms with Crippen LogP contribution in [0.15, 0.2) is 33.3 Å². The van der Waals surface area contributed by atoms with Crippen LogP contribution in [-0.2, 0) is 0 Å². The summed E-state index contributed by atoms with van der Waals surface area (Å²) in [5.41, 5.74) is 1.30. The minimum Gasteiger partial charge on any atom is -0.361 e. The van der Waals surface area contributed by atoms with Crippen molar-refractivity contribution >= 4 is 27.5 Å². The first-order valence-corrected chi connectivity index (χ1v) is 5.84. The minimum atomic E-state index is -0.358. The number of nitrogens with zero attached hydrogens (tertiary/aromatic N) is 2. The van der Waals surface area contributed by atoms with Crippen molar-refractivity contribution in [3.8, 4) is 6.07 Å². The SMILES string of the molecule is Cc1cc(C(=O)Nc2ccc(C#N)c(Br)c2)no1. The van der Waals surface area contributed by atoms with Gasteiger partial charge in [-0.1, -0.05) is 5.16 Å². The highest BCUT2D eigenvalue weighted by atomic mass is 79.9. The van der Waals surface area contributed by atoms with Crippen molar-refractivity contribution in [1.82, 2.24) is 5.16 Å². The van der Waals surface area contributed by atoms with Crippen molar-refractivity contribution in [1.29, 1.82) is 5.26 Å². The van der Waals surface area contributed by atoms with Gasteiger partial charge >= 0.3 is 0 Å². The van der Waals surface area contributed by atoms with Crippen LogP contribution in [0.2, 0.25) is 0 Å². The summed E-state index contributed by atoms with van der Waals surface area (Å²) in [6.45, 7) is 1.71. The molecular formula is C12H8BrN3O2. The lowest BCUT2D eigenvalue weighted by molar-refractivity contribution is 0.101. The van der Waals surface area contributed by atoms with Crippen molar-refractivity contribution < 1.29 is 9.32 Å². The molecule has 6 heteroatoms. The fraction of sp³-hybridized carbons (Fsp3) is 0.0833. The topological polar surface area (TPSA) is 78.9 Å². The number of amides is 1. The molecule has 1 aromatic heterocycles. The maximum atomic E-state index is 11.8. The molecule has 1 aromatic carbocycles. The Bertz CT molecular complexity index is 643. The fourth-order valence-electron chi connectivity index (χ4n) is 1.35. The van der Waals surface area contributed by atoms with Crippen LogP contribution in [0.5, 0.6) is 0 Å². The van der Waals surface area contributed by atoms with Crippen molar-refractivity contribution in [2.24, 2.45) is 0 Å². The third kappa shape index (κ3) is 2.57. The Hall–Kier alpha value is -2.13. The number of aryl methyl sites for hydroxylation is 1. The Morgan fingerprint density at radius 3 is 2.83 bits per heavy atom. The Kier molecular flexibility index (Phi) is 3.44. The zero-order valence-corrected chi connectivity index (χ0v) is 11.0. The molecule has 0 atom stereocenters. The van der Waals surface area contributed by atoms with E-state index < -0.39 is 0 Å². The summed E-state index contributed by atoms with van der Waals surface area (Å²) in [6, 6.07) is 8.50. The molecule has 90 valence electrons. The molecule has 2 rings (SSSR count). The first-order valence-electron chi connectivity index (χ1n) is 5.04. The Balaban J connectivity index is 2.17. The first-order chi connectivity index (χ1) is 8.60. The van der Waals surface area contributed by atoms with E-state index in [4.69, 9.17) is 9.78 Å². The summed E-state index contributed by atoms with van der Waals surface area (Å²) in [5.74, 6) is 0.213. The summed E-state index contributed by atoms with van der Waals surface area (Å²) in [5, 5.41) is 15.1. The lowest BCUT2D eigenvalue weighted by Gasteiger charge is -2.03. The molecule has 1 heterocycles. The normalized spacial score (nSPS) is 9.83. The number of rotatable bonds is 2. The highest BCUT2D eigenvalue weighted by Gasteiger charge is 2.11. The summed E-state index contributed by atoms with van der Waals surface area (Å²) in [4.78, 5) is 11.8. The number of nitriles is 1. The lowest BCUT2D eigenvalue weighted by Crippen LogP contribution is -2.12. The van der Waals surface area contributed by atoms with E-state index in [1.165, 1.54) is 0 Å². The van der Waals surface area contributed by atoms with Gasteiger partial charge in [-0.3, -0.25) is 4.79 Å². The molecule has 0 spiro atoms. The largest absolute Gasteiger partial charge is 0.361 e. The van der Waals surface area contributed by atoms with E-state index in [-0.39, 0.29) is 11.6 Å². The van der Waals surface area contributed by atoms with Crippen LogP contribution in [0.4, 0.5) is 5.69 Å². The van der Waals surface area contributed by atoms with Crippen LogP contribution >= 0.6 is 15.9 Å². The van der Waals surface area contributed by atoms with E-state index in [1.807, 2.05) is 6.07 Å². The van der Waals surface area contributed by atoms with Crippen LogP contribution in [0.25, 0.3) is 0 Å². The van der Waals surface area contributed by atoms with Crippen LogP contribution in [-0.4, -0.2) is 11.1 Å². The standard InChI is InChI=1S/C12H8BrN3O2/c1-7-4-11(16-18-7)12(17)15-9-3-2-8(6-14)10(13)5-9/h2-5H,1H3,(H,15,17). The predicted octanol–water partition coefficient (Wildman–Crippen LogP) is 2.87. The van der Waals surface area contributed by atoms with E-state index in [2.05, 4.69) is 26.4 Å². The monoisotopic (exact) mass is 305 g/mol. The average Bonchev–Trinajstić information content (AvgIpc) is 2.76. The Morgan fingerprint density at radius 1 is 1.50 bits per heavy atom. The van der Waals surface area contributed by atoms with Gasteiger partial charge in [-0.25, -0.2) is 0 Å². The van der Waals surface area contributed by atoms with Gasteiger partial charge in [-0.05, 0) is 41.1 Å². The number of nitrogens with one attached hydrogen (secondary N) is 1. The lowest BCUT2D eigenvalue weighted by atomic mass is 10.2. The van der Waals surface area contributed by atoms with Crippen LogP contribution in [0.1, 0.15) is 21.8 Å². The Labute approximate surface area is 112 Å². The summed E-state index contributed by atoms with van der Waals surface area (Å²) < 4.78 is 5.44. The number of hydrogen-bond acceptors (Lipinski definition) is 4. The maximum Gasteiger partial charge on any atom is 0.277 e. The number of benzene rings is 1. The van der Waals surface area contributed by atoms with Gasteiger partial charge in [-0.15, -0.1) is 0 Å². The van der Waals surface area contributed by atoms with Gasteiger partial charge in [0.2, 0.25) is 0 Å². The number of hydrogen-bond donors (Lipinski definition) is 1. The molecule has 0 fully saturated rings. The molecule has 5 nitrogen and oxygen atoms in total. The van der Waals surface area contributed by atoms with Gasteiger partial charge in [0.05, 0.1) is 5.56 Å². The molecule has 1 amide bonds. The van der Waals surface area contributed by atoms with E-state index >= 15 is 0 Å². The van der Waals surface area contributed by atoms with E-state index in [0.717, 1.165) is 0 Å². The van der Waals surface area contributed by atoms with Crippen molar-refractivity contribution in [2.45, 2.75) is 6.92 Å². The average molecular weight is 306 g/mol. The molecule has 0 unspecified atom stereocenters. The smallest absolute Gasteiger partial charge is 0.277 e. The molecular weight excluding hydrogens is 298 g/mol. The van der Waals surface area contributed by atoms with Gasteiger partial charge in [0, 0.05) is 16.2 Å². The maximum absolute atomic E-state index is 11.8. The highest BCUT2D eigenvalue weighted by molar-refractivity contribution is 9.10. The van der Waals surface area contributed by atoms with Crippen molar-refractivity contribution in [3.05, 3.63) is 45.8 Å². The van der Waals surface area contributed by atoms with Crippen LogP contribution < -0.4 is 5.32 Å². The van der Waals surface area contributed by atoms with Gasteiger partial charge in [-0.2, -0.15) is 5.26 Å². The molecule has 0 aliphatic heterocycles. The second-order valence-electron chi connectivity index (χ2n) is 3.58. The van der Waals surface area contributed by atoms with Crippen LogP contribution in [0, 0.1) is 18.3 Å². The van der Waals surface area contributed by atoms with Gasteiger partial charge in [0.1, 0.15) is 11.8 Å². The van der Waals surface area contributed by atoms with E-state index in [0.29, 0.717) is 21.5 Å². The molecule has 0 saturated heterocycles. The van der Waals surface area contributed by atoms with Crippen molar-refractivity contribution in [3.63, 3.8) is 0 Å².